The van der Waals surface area contributed by atoms with Gasteiger partial charge < -0.3 is 25.6 Å². The molecule has 12 heteroatoms. The molecular formula is C21H22N6O6. The summed E-state index contributed by atoms with van der Waals surface area (Å²) in [4.78, 5) is 68.2. The first-order chi connectivity index (χ1) is 15.8. The molecule has 172 valence electrons. The van der Waals surface area contributed by atoms with Crippen LogP contribution in [0.5, 0.6) is 0 Å². The Hall–Kier alpha value is -4.22. The highest BCUT2D eigenvalue weighted by Gasteiger charge is 2.39. The topological polar surface area (TPSA) is 174 Å². The molecule has 0 radical (unpaired) electrons. The first kappa shape index (κ1) is 22.0. The summed E-state index contributed by atoms with van der Waals surface area (Å²) < 4.78 is 0. The number of hydrogen-bond donors (Lipinski definition) is 5. The zero-order valence-corrected chi connectivity index (χ0v) is 17.5. The predicted octanol–water partition coefficient (Wildman–Crippen LogP) is -0.334. The molecule has 2 atom stereocenters. The Kier molecular flexibility index (Phi) is 6.07. The van der Waals surface area contributed by atoms with E-state index in [1.54, 1.807) is 24.4 Å². The van der Waals surface area contributed by atoms with Crippen LogP contribution in [-0.4, -0.2) is 61.8 Å². The average molecular weight is 454 g/mol. The number of carbonyl (C=O) groups is 5. The van der Waals surface area contributed by atoms with Gasteiger partial charge in [0.2, 0.25) is 17.7 Å². The van der Waals surface area contributed by atoms with Crippen LogP contribution in [0, 0.1) is 0 Å². The van der Waals surface area contributed by atoms with Crippen LogP contribution in [0.4, 0.5) is 4.79 Å². The molecule has 1 aromatic carbocycles. The lowest BCUT2D eigenvalue weighted by Crippen LogP contribution is -2.52. The van der Waals surface area contributed by atoms with Crippen LogP contribution in [0.3, 0.4) is 0 Å². The number of nitrogens with one attached hydrogen (secondary N) is 4. The van der Waals surface area contributed by atoms with E-state index in [-0.39, 0.29) is 44.2 Å². The smallest absolute Gasteiger partial charge is 0.405 e. The van der Waals surface area contributed by atoms with Crippen LogP contribution in [-0.2, 0) is 33.9 Å². The van der Waals surface area contributed by atoms with Gasteiger partial charge in [0, 0.05) is 37.7 Å². The normalized spacial score (nSPS) is 18.5. The Bertz CT molecular complexity index is 1110. The van der Waals surface area contributed by atoms with Gasteiger partial charge in [-0.3, -0.25) is 24.5 Å². The molecule has 2 aromatic rings. The summed E-state index contributed by atoms with van der Waals surface area (Å²) in [6.45, 7) is 0.349. The van der Waals surface area contributed by atoms with Crippen LogP contribution >= 0.6 is 0 Å². The fraction of sp³-hybridized carbons (Fsp3) is 0.333. The Balaban J connectivity index is 1.40. The Morgan fingerprint density at radius 1 is 1.27 bits per heavy atom. The number of benzene rings is 1. The van der Waals surface area contributed by atoms with Crippen LogP contribution < -0.4 is 16.0 Å². The number of nitrogens with zero attached hydrogens (tertiary/aromatic N) is 2. The van der Waals surface area contributed by atoms with Gasteiger partial charge in [-0.25, -0.2) is 9.78 Å². The van der Waals surface area contributed by atoms with Gasteiger partial charge >= 0.3 is 6.09 Å². The first-order valence-corrected chi connectivity index (χ1v) is 10.3. The van der Waals surface area contributed by atoms with Crippen molar-refractivity contribution < 1.29 is 29.1 Å². The van der Waals surface area contributed by atoms with Crippen LogP contribution in [0.2, 0.25) is 0 Å². The molecule has 5 N–H and O–H groups in total. The molecule has 1 fully saturated rings. The number of aromatic amines is 1. The van der Waals surface area contributed by atoms with Crippen molar-refractivity contribution >= 4 is 29.7 Å². The lowest BCUT2D eigenvalue weighted by Gasteiger charge is -2.29. The molecule has 0 saturated carbocycles. The van der Waals surface area contributed by atoms with Gasteiger partial charge in [0.1, 0.15) is 12.1 Å². The number of aromatic nitrogens is 2. The van der Waals surface area contributed by atoms with Gasteiger partial charge in [-0.2, -0.15) is 0 Å². The third-order valence-corrected chi connectivity index (χ3v) is 5.64. The number of imidazole rings is 1. The van der Waals surface area contributed by atoms with Crippen molar-refractivity contribution in [3.8, 4) is 0 Å². The second-order valence-electron chi connectivity index (χ2n) is 7.88. The zero-order chi connectivity index (χ0) is 23.5. The molecule has 33 heavy (non-hydrogen) atoms. The van der Waals surface area contributed by atoms with Crippen molar-refractivity contribution in [2.24, 2.45) is 0 Å². The number of carboxylic acid groups (broad SMARTS) is 1. The monoisotopic (exact) mass is 454 g/mol. The van der Waals surface area contributed by atoms with E-state index in [9.17, 15) is 24.0 Å². The van der Waals surface area contributed by atoms with E-state index in [0.29, 0.717) is 22.4 Å². The highest BCUT2D eigenvalue weighted by molar-refractivity contribution is 6.05. The fourth-order valence-electron chi connectivity index (χ4n) is 4.02. The summed E-state index contributed by atoms with van der Waals surface area (Å²) in [5.41, 5.74) is 2.44. The average Bonchev–Trinajstić information content (AvgIpc) is 3.39. The highest BCUT2D eigenvalue weighted by Crippen LogP contribution is 2.28. The van der Waals surface area contributed by atoms with Crippen LogP contribution in [0.25, 0.3) is 0 Å². The van der Waals surface area contributed by atoms with Gasteiger partial charge in [0.25, 0.3) is 5.91 Å². The van der Waals surface area contributed by atoms with E-state index < -0.39 is 30.0 Å². The van der Waals surface area contributed by atoms with E-state index in [1.807, 2.05) is 0 Å². The molecule has 1 aromatic heterocycles. The van der Waals surface area contributed by atoms with Crippen LogP contribution in [0.1, 0.15) is 40.0 Å². The second kappa shape index (κ2) is 9.10. The largest absolute Gasteiger partial charge is 0.465 e. The van der Waals surface area contributed by atoms with E-state index in [2.05, 4.69) is 25.9 Å². The quantitative estimate of drug-likeness (QED) is 0.356. The third-order valence-electron chi connectivity index (χ3n) is 5.64. The zero-order valence-electron chi connectivity index (χ0n) is 17.5. The summed E-state index contributed by atoms with van der Waals surface area (Å²) in [6, 6.07) is 3.38. The molecule has 5 amide bonds. The minimum absolute atomic E-state index is 0.0846. The fourth-order valence-corrected chi connectivity index (χ4v) is 4.02. The Morgan fingerprint density at radius 3 is 2.79 bits per heavy atom. The van der Waals surface area contributed by atoms with E-state index in [1.165, 1.54) is 11.2 Å². The van der Waals surface area contributed by atoms with Gasteiger partial charge in [-0.1, -0.05) is 12.1 Å². The minimum atomic E-state index is -1.32. The molecule has 3 heterocycles. The van der Waals surface area contributed by atoms with Crippen molar-refractivity contribution in [3.05, 3.63) is 53.1 Å². The van der Waals surface area contributed by atoms with Crippen molar-refractivity contribution in [3.63, 3.8) is 0 Å². The van der Waals surface area contributed by atoms with E-state index in [4.69, 9.17) is 5.11 Å². The van der Waals surface area contributed by atoms with Crippen molar-refractivity contribution in [1.29, 1.82) is 0 Å². The number of carbonyl (C=O) groups excluding carboxylic acids is 4. The van der Waals surface area contributed by atoms with Gasteiger partial charge in [-0.05, 0) is 23.6 Å². The summed E-state index contributed by atoms with van der Waals surface area (Å²) in [7, 11) is 0. The predicted molar refractivity (Wildman–Crippen MR) is 112 cm³/mol. The first-order valence-electron chi connectivity index (χ1n) is 10.3. The summed E-state index contributed by atoms with van der Waals surface area (Å²) in [5.74, 6) is -1.61. The third kappa shape index (κ3) is 4.84. The molecule has 2 aliphatic heterocycles. The number of imide groups is 1. The minimum Gasteiger partial charge on any atom is -0.465 e. The maximum Gasteiger partial charge on any atom is 0.405 e. The highest BCUT2D eigenvalue weighted by atomic mass is 16.4. The lowest BCUT2D eigenvalue weighted by molar-refractivity contribution is -0.137. The number of fused-ring (bicyclic) bond motifs is 1. The number of H-pyrrole nitrogens is 1. The lowest BCUT2D eigenvalue weighted by atomic mass is 10.0. The molecule has 4 rings (SSSR count). The molecule has 0 unspecified atom stereocenters. The van der Waals surface area contributed by atoms with Crippen molar-refractivity contribution in [1.82, 2.24) is 30.8 Å². The number of rotatable bonds is 7. The maximum absolute atomic E-state index is 12.8. The molecule has 0 spiro atoms. The van der Waals surface area contributed by atoms with Gasteiger partial charge in [0.05, 0.1) is 12.0 Å². The summed E-state index contributed by atoms with van der Waals surface area (Å²) in [6.07, 6.45) is 2.24. The number of piperidine rings is 1. The van der Waals surface area contributed by atoms with Crippen molar-refractivity contribution in [2.45, 2.75) is 44.4 Å². The van der Waals surface area contributed by atoms with E-state index in [0.717, 1.165) is 0 Å². The van der Waals surface area contributed by atoms with E-state index >= 15 is 0 Å². The standard InChI is InChI=1S/C21H22N6O6/c28-17-4-3-16(19(30)26-17)27-9-12-5-11(1-2-14(12)20(27)31)7-23-18(29)15(25-21(32)33)6-13-8-22-10-24-13/h1-2,5,8,10,15-16,25H,3-4,6-7,9H2,(H,22,24)(H,23,29)(H,32,33)(H,26,28,30)/t15-,16-/m0/s1. The van der Waals surface area contributed by atoms with Gasteiger partial charge in [0.15, 0.2) is 0 Å². The summed E-state index contributed by atoms with van der Waals surface area (Å²) in [5, 5.41) is 16.2. The number of hydrogen-bond acceptors (Lipinski definition) is 6. The molecule has 2 aliphatic rings. The number of amides is 5. The SMILES string of the molecule is O=C(O)N[C@@H](Cc1c[nH]cn1)C(=O)NCc1ccc2c(c1)CN([C@H]1CCC(=O)NC1=O)C2=O. The molecule has 12 nitrogen and oxygen atoms in total. The Morgan fingerprint density at radius 2 is 2.09 bits per heavy atom. The maximum atomic E-state index is 12.8. The summed E-state index contributed by atoms with van der Waals surface area (Å²) >= 11 is 0. The molecular weight excluding hydrogens is 432 g/mol. The van der Waals surface area contributed by atoms with Crippen molar-refractivity contribution in [2.75, 3.05) is 0 Å². The molecule has 0 bridgehead atoms. The van der Waals surface area contributed by atoms with Crippen LogP contribution in [0.15, 0.2) is 30.7 Å². The Labute approximate surface area is 187 Å². The second-order valence-corrected chi connectivity index (χ2v) is 7.88. The molecule has 1 saturated heterocycles. The van der Waals surface area contributed by atoms with Gasteiger partial charge in [-0.15, -0.1) is 0 Å². The molecule has 0 aliphatic carbocycles.